The summed E-state index contributed by atoms with van der Waals surface area (Å²) in [6, 6.07) is -0.162. The molecule has 1 saturated carbocycles. The van der Waals surface area contributed by atoms with Gasteiger partial charge in [0.2, 0.25) is 5.43 Å². The summed E-state index contributed by atoms with van der Waals surface area (Å²) in [5.74, 6) is -2.28. The molecule has 2 atom stereocenters. The Morgan fingerprint density at radius 3 is 2.59 bits per heavy atom. The summed E-state index contributed by atoms with van der Waals surface area (Å²) in [7, 11) is 0. The Morgan fingerprint density at radius 2 is 2.09 bits per heavy atom. The van der Waals surface area contributed by atoms with Crippen LogP contribution >= 0.6 is 0 Å². The molecule has 0 radical (unpaired) electrons. The third-order valence-corrected chi connectivity index (χ3v) is 3.62. The molecule has 0 bridgehead atoms. The number of fused-ring (bicyclic) bond motifs is 1. The van der Waals surface area contributed by atoms with Crippen LogP contribution in [-0.4, -0.2) is 21.8 Å². The fraction of sp³-hybridized carbons (Fsp3) is 0.200. The second-order valence-electron chi connectivity index (χ2n) is 4.99. The van der Waals surface area contributed by atoms with Gasteiger partial charge >= 0.3 is 5.97 Å². The zero-order valence-corrected chi connectivity index (χ0v) is 10.9. The largest absolute Gasteiger partial charge is 0.477 e. The van der Waals surface area contributed by atoms with Crippen molar-refractivity contribution < 1.29 is 23.1 Å². The van der Waals surface area contributed by atoms with Crippen molar-refractivity contribution in [2.45, 2.75) is 18.6 Å². The van der Waals surface area contributed by atoms with E-state index in [2.05, 4.69) is 0 Å². The van der Waals surface area contributed by atoms with Crippen LogP contribution in [0.25, 0.3) is 10.9 Å². The van der Waals surface area contributed by atoms with E-state index in [1.54, 1.807) is 0 Å². The Balaban J connectivity index is 2.54. The van der Waals surface area contributed by atoms with Crippen LogP contribution in [-0.2, 0) is 0 Å². The third-order valence-electron chi connectivity index (χ3n) is 3.62. The zero-order valence-electron chi connectivity index (χ0n) is 10.9. The van der Waals surface area contributed by atoms with Gasteiger partial charge in [-0.25, -0.2) is 18.0 Å². The number of halogens is 3. The van der Waals surface area contributed by atoms with Gasteiger partial charge in [-0.1, -0.05) is 5.92 Å². The molecule has 3 rings (SSSR count). The summed E-state index contributed by atoms with van der Waals surface area (Å²) in [4.78, 5) is 23.3. The van der Waals surface area contributed by atoms with E-state index in [0.29, 0.717) is 6.07 Å². The van der Waals surface area contributed by atoms with Crippen molar-refractivity contribution in [3.8, 4) is 12.3 Å². The molecular weight excluding hydrogens is 299 g/mol. The summed E-state index contributed by atoms with van der Waals surface area (Å²) in [6.07, 6.45) is 4.93. The number of alkyl halides is 1. The number of hydrogen-bond acceptors (Lipinski definition) is 2. The van der Waals surface area contributed by atoms with Crippen LogP contribution in [0.3, 0.4) is 0 Å². The number of rotatable bonds is 2. The predicted molar refractivity (Wildman–Crippen MR) is 71.6 cm³/mol. The van der Waals surface area contributed by atoms with Gasteiger partial charge in [0.25, 0.3) is 0 Å². The first-order valence-corrected chi connectivity index (χ1v) is 6.27. The molecule has 1 aliphatic carbocycles. The highest BCUT2D eigenvalue weighted by Crippen LogP contribution is 2.41. The first-order valence-electron chi connectivity index (χ1n) is 6.27. The van der Waals surface area contributed by atoms with Crippen molar-refractivity contribution >= 4 is 16.9 Å². The molecule has 22 heavy (non-hydrogen) atoms. The van der Waals surface area contributed by atoms with Gasteiger partial charge in [-0.05, 0) is 6.07 Å². The molecule has 1 aromatic heterocycles. The minimum atomic E-state index is -1.54. The lowest BCUT2D eigenvalue weighted by atomic mass is 10.1. The number of carboxylic acids is 1. The molecule has 7 heteroatoms. The highest BCUT2D eigenvalue weighted by Gasteiger charge is 2.40. The molecule has 2 aromatic rings. The van der Waals surface area contributed by atoms with Gasteiger partial charge in [0.1, 0.15) is 11.7 Å². The van der Waals surface area contributed by atoms with Gasteiger partial charge in [0, 0.05) is 12.6 Å². The molecule has 0 saturated heterocycles. The summed E-state index contributed by atoms with van der Waals surface area (Å²) in [5, 5.41) is 8.67. The fourth-order valence-electron chi connectivity index (χ4n) is 2.45. The number of carboxylic acid groups (broad SMARTS) is 1. The number of hydrogen-bond donors (Lipinski definition) is 1. The van der Waals surface area contributed by atoms with Gasteiger partial charge in [-0.3, -0.25) is 4.79 Å². The van der Waals surface area contributed by atoms with Gasteiger partial charge in [-0.2, -0.15) is 0 Å². The first-order chi connectivity index (χ1) is 10.4. The number of carbonyl (C=O) groups is 1. The Hall–Kier alpha value is -2.75. The van der Waals surface area contributed by atoms with Gasteiger partial charge in [-0.15, -0.1) is 6.42 Å². The van der Waals surface area contributed by atoms with Crippen LogP contribution in [0.5, 0.6) is 0 Å². The molecule has 1 aliphatic rings. The second-order valence-corrected chi connectivity index (χ2v) is 4.99. The highest BCUT2D eigenvalue weighted by molar-refractivity contribution is 5.94. The van der Waals surface area contributed by atoms with Crippen LogP contribution in [0.4, 0.5) is 13.2 Å². The Labute approximate surface area is 121 Å². The lowest BCUT2D eigenvalue weighted by molar-refractivity contribution is 0.0694. The van der Waals surface area contributed by atoms with Crippen LogP contribution in [0.1, 0.15) is 28.4 Å². The molecule has 0 spiro atoms. The molecule has 1 N–H and O–H groups in total. The van der Waals surface area contributed by atoms with Crippen LogP contribution in [0.15, 0.2) is 17.1 Å². The van der Waals surface area contributed by atoms with E-state index in [1.807, 2.05) is 5.92 Å². The number of terminal acetylenes is 1. The lowest BCUT2D eigenvalue weighted by Gasteiger charge is -2.14. The van der Waals surface area contributed by atoms with Crippen LogP contribution in [0, 0.1) is 24.0 Å². The van der Waals surface area contributed by atoms with E-state index in [1.165, 1.54) is 0 Å². The average Bonchev–Trinajstić information content (AvgIpc) is 3.18. The van der Waals surface area contributed by atoms with E-state index in [4.69, 9.17) is 11.5 Å². The SMILES string of the molecule is C#Cc1c(F)c(F)cc2c(=O)c(C(=O)O)cn([C@@H]3C[C@@H]3F)c12. The normalized spacial score (nSPS) is 19.9. The monoisotopic (exact) mass is 307 g/mol. The van der Waals surface area contributed by atoms with Crippen molar-refractivity contribution in [3.05, 3.63) is 45.2 Å². The number of benzene rings is 1. The van der Waals surface area contributed by atoms with E-state index < -0.39 is 46.4 Å². The minimum absolute atomic E-state index is 0.0834. The Morgan fingerprint density at radius 1 is 1.45 bits per heavy atom. The molecule has 112 valence electrons. The van der Waals surface area contributed by atoms with Crippen molar-refractivity contribution in [3.63, 3.8) is 0 Å². The van der Waals surface area contributed by atoms with Crippen molar-refractivity contribution in [1.82, 2.24) is 4.57 Å². The maximum atomic E-state index is 13.8. The lowest BCUT2D eigenvalue weighted by Crippen LogP contribution is -2.20. The van der Waals surface area contributed by atoms with E-state index in [9.17, 15) is 22.8 Å². The second kappa shape index (κ2) is 4.63. The predicted octanol–water partition coefficient (Wildman–Crippen LogP) is 2.24. The van der Waals surface area contributed by atoms with E-state index in [0.717, 1.165) is 10.8 Å². The van der Waals surface area contributed by atoms with Gasteiger partial charge in [0.15, 0.2) is 11.6 Å². The van der Waals surface area contributed by atoms with Crippen molar-refractivity contribution in [2.24, 2.45) is 0 Å². The first kappa shape index (κ1) is 14.2. The zero-order chi connectivity index (χ0) is 16.2. The number of nitrogens with zero attached hydrogens (tertiary/aromatic N) is 1. The highest BCUT2D eigenvalue weighted by atomic mass is 19.2. The fourth-order valence-corrected chi connectivity index (χ4v) is 2.45. The summed E-state index contributed by atoms with van der Waals surface area (Å²) < 4.78 is 41.9. The maximum Gasteiger partial charge on any atom is 0.341 e. The van der Waals surface area contributed by atoms with Crippen molar-refractivity contribution in [1.29, 1.82) is 0 Å². The smallest absolute Gasteiger partial charge is 0.341 e. The average molecular weight is 307 g/mol. The standard InChI is InChI=1S/C15H8F3NO3/c1-2-6-12(18)10(17)3-7-13(6)19(11-4-9(11)16)5-8(14(7)20)15(21)22/h1,3,5,9,11H,4H2,(H,21,22)/t9-,11+/m0/s1. The quantitative estimate of drug-likeness (QED) is 0.866. The number of pyridine rings is 1. The van der Waals surface area contributed by atoms with E-state index >= 15 is 0 Å². The molecule has 1 fully saturated rings. The molecule has 0 aliphatic heterocycles. The van der Waals surface area contributed by atoms with Crippen molar-refractivity contribution in [2.75, 3.05) is 0 Å². The van der Waals surface area contributed by atoms with Crippen LogP contribution < -0.4 is 5.43 Å². The van der Waals surface area contributed by atoms with E-state index in [-0.39, 0.29) is 17.3 Å². The Bertz CT molecular complexity index is 926. The molecule has 4 nitrogen and oxygen atoms in total. The van der Waals surface area contributed by atoms with Gasteiger partial charge in [0.05, 0.1) is 22.5 Å². The minimum Gasteiger partial charge on any atom is -0.477 e. The summed E-state index contributed by atoms with van der Waals surface area (Å²) in [6.45, 7) is 0. The number of aromatic carboxylic acids is 1. The Kier molecular flexibility index (Phi) is 2.99. The molecule has 0 amide bonds. The third kappa shape index (κ3) is 1.88. The molecule has 1 heterocycles. The van der Waals surface area contributed by atoms with Crippen LogP contribution in [0.2, 0.25) is 0 Å². The molecule has 1 aromatic carbocycles. The maximum absolute atomic E-state index is 13.8. The molecule has 0 unspecified atom stereocenters. The summed E-state index contributed by atoms with van der Waals surface area (Å²) >= 11 is 0. The number of aromatic nitrogens is 1. The topological polar surface area (TPSA) is 59.3 Å². The molecular formula is C15H8F3NO3. The van der Waals surface area contributed by atoms with Gasteiger partial charge < -0.3 is 9.67 Å². The summed E-state index contributed by atoms with van der Waals surface area (Å²) in [5.41, 5.74) is -2.34.